The van der Waals surface area contributed by atoms with E-state index in [1.807, 2.05) is 0 Å². The minimum Gasteiger partial charge on any atom is -0.155 e. The molecule has 0 radical (unpaired) electrons. The van der Waals surface area contributed by atoms with Crippen molar-refractivity contribution in [2.24, 2.45) is 0 Å². The fraction of sp³-hybridized carbons (Fsp3) is 1.00. The van der Waals surface area contributed by atoms with Gasteiger partial charge in [-0.25, -0.2) is 0 Å². The molecule has 18 heavy (non-hydrogen) atoms. The molecule has 0 aliphatic rings. The normalized spacial score (nSPS) is 13.3. The van der Waals surface area contributed by atoms with Crippen LogP contribution < -0.4 is 0 Å². The second kappa shape index (κ2) is 8.13. The Balaban J connectivity index is 5.08. The summed E-state index contributed by atoms with van der Waals surface area (Å²) in [6.07, 6.45) is 4.98. The van der Waals surface area contributed by atoms with Gasteiger partial charge in [0.15, 0.2) is 0 Å². The van der Waals surface area contributed by atoms with Crippen LogP contribution in [0.15, 0.2) is 0 Å². The van der Waals surface area contributed by atoms with Crippen molar-refractivity contribution in [2.45, 2.75) is 53.4 Å². The summed E-state index contributed by atoms with van der Waals surface area (Å²) in [5, 5.41) is 2.64. The predicted octanol–water partition coefficient (Wildman–Crippen LogP) is 3.28. The van der Waals surface area contributed by atoms with Gasteiger partial charge in [-0.1, -0.05) is 27.7 Å². The van der Waals surface area contributed by atoms with Crippen LogP contribution in [0.5, 0.6) is 0 Å². The molecule has 0 spiro atoms. The SMILES string of the molecule is CCCN(CCC)[N+](C)(C)[N+](C)(CCC)CCC. The Morgan fingerprint density at radius 1 is 0.667 bits per heavy atom. The summed E-state index contributed by atoms with van der Waals surface area (Å²) < 4.78 is 2.11. The average Bonchev–Trinajstić information content (AvgIpc) is 2.29. The first kappa shape index (κ1) is 17.9. The third-order valence-electron chi connectivity index (χ3n) is 4.25. The van der Waals surface area contributed by atoms with E-state index < -0.39 is 0 Å². The van der Waals surface area contributed by atoms with Crippen molar-refractivity contribution in [1.29, 1.82) is 0 Å². The molecule has 0 aliphatic carbocycles. The molecule has 0 saturated heterocycles. The highest BCUT2D eigenvalue weighted by Gasteiger charge is 2.43. The maximum atomic E-state index is 2.64. The second-order valence-corrected chi connectivity index (χ2v) is 6.08. The minimum atomic E-state index is 0.989. The smallest absolute Gasteiger partial charge is 0.132 e. The van der Waals surface area contributed by atoms with Gasteiger partial charge in [-0.15, -0.1) is 9.71 Å². The van der Waals surface area contributed by atoms with Crippen molar-refractivity contribution in [1.82, 2.24) is 5.01 Å². The van der Waals surface area contributed by atoms with Gasteiger partial charge in [0.1, 0.15) is 34.2 Å². The zero-order valence-electron chi connectivity index (χ0n) is 14.0. The summed E-state index contributed by atoms with van der Waals surface area (Å²) in [6, 6.07) is 0. The highest BCUT2D eigenvalue weighted by atomic mass is 16.0. The molecular formula is C15H37N3+2. The predicted molar refractivity (Wildman–Crippen MR) is 80.8 cm³/mol. The molecule has 0 bridgehead atoms. The summed E-state index contributed by atoms with van der Waals surface area (Å²) in [5.74, 6) is 0. The molecule has 0 heterocycles. The van der Waals surface area contributed by atoms with Crippen LogP contribution in [-0.2, 0) is 0 Å². The first-order valence-electron chi connectivity index (χ1n) is 7.83. The lowest BCUT2D eigenvalue weighted by molar-refractivity contribution is -1.52. The van der Waals surface area contributed by atoms with Crippen LogP contribution in [-0.4, -0.2) is 61.6 Å². The van der Waals surface area contributed by atoms with E-state index in [1.165, 1.54) is 51.9 Å². The number of nitrogens with zero attached hydrogens (tertiary/aromatic N) is 3. The zero-order chi connectivity index (χ0) is 14.2. The molecule has 3 nitrogen and oxygen atoms in total. The Bertz CT molecular complexity index is 202. The molecule has 0 aromatic carbocycles. The summed E-state index contributed by atoms with van der Waals surface area (Å²) in [7, 11) is 7.19. The van der Waals surface area contributed by atoms with E-state index in [0.29, 0.717) is 0 Å². The van der Waals surface area contributed by atoms with E-state index in [4.69, 9.17) is 0 Å². The zero-order valence-corrected chi connectivity index (χ0v) is 14.0. The number of hydrogen-bond acceptors (Lipinski definition) is 1. The van der Waals surface area contributed by atoms with Crippen molar-refractivity contribution in [3.8, 4) is 0 Å². The van der Waals surface area contributed by atoms with Crippen LogP contribution in [0.2, 0.25) is 0 Å². The Kier molecular flexibility index (Phi) is 8.08. The topological polar surface area (TPSA) is 3.24 Å². The Morgan fingerprint density at radius 2 is 1.06 bits per heavy atom. The van der Waals surface area contributed by atoms with Gasteiger partial charge in [-0.3, -0.25) is 0 Å². The molecule has 0 aromatic rings. The van der Waals surface area contributed by atoms with Crippen molar-refractivity contribution in [2.75, 3.05) is 47.3 Å². The molecule has 0 rings (SSSR count). The van der Waals surface area contributed by atoms with E-state index in [-0.39, 0.29) is 0 Å². The van der Waals surface area contributed by atoms with Gasteiger partial charge in [0, 0.05) is 0 Å². The average molecular weight is 259 g/mol. The number of rotatable bonds is 10. The molecule has 0 N–H and O–H groups in total. The van der Waals surface area contributed by atoms with E-state index in [9.17, 15) is 0 Å². The summed E-state index contributed by atoms with van der Waals surface area (Å²) >= 11 is 0. The van der Waals surface area contributed by atoms with Gasteiger partial charge < -0.3 is 0 Å². The van der Waals surface area contributed by atoms with Crippen LogP contribution in [0.1, 0.15) is 53.4 Å². The quantitative estimate of drug-likeness (QED) is 0.430. The lowest BCUT2D eigenvalue weighted by atomic mass is 10.3. The number of hydrogen-bond donors (Lipinski definition) is 0. The molecule has 3 heteroatoms. The molecule has 0 unspecified atom stereocenters. The Hall–Kier alpha value is -0.120. The summed E-state index contributed by atoms with van der Waals surface area (Å²) in [5.41, 5.74) is 0. The van der Waals surface area contributed by atoms with E-state index in [1.54, 1.807) is 0 Å². The molecule has 0 saturated carbocycles. The van der Waals surface area contributed by atoms with Gasteiger partial charge >= 0.3 is 0 Å². The fourth-order valence-electron chi connectivity index (χ4n) is 2.99. The third-order valence-corrected chi connectivity index (χ3v) is 4.25. The molecule has 0 aromatic heterocycles. The van der Waals surface area contributed by atoms with Gasteiger partial charge in [-0.2, -0.15) is 4.59 Å². The van der Waals surface area contributed by atoms with Gasteiger partial charge in [0.25, 0.3) is 0 Å². The molecule has 0 amide bonds. The first-order chi connectivity index (χ1) is 8.39. The maximum absolute atomic E-state index is 2.64. The largest absolute Gasteiger partial charge is 0.155 e. The van der Waals surface area contributed by atoms with E-state index >= 15 is 0 Å². The highest BCUT2D eigenvalue weighted by molar-refractivity contribution is 4.42. The number of quaternary nitrogens is 2. The van der Waals surface area contributed by atoms with Gasteiger partial charge in [0.05, 0.1) is 13.1 Å². The summed E-state index contributed by atoms with van der Waals surface area (Å²) in [4.78, 5) is 0. The van der Waals surface area contributed by atoms with Crippen molar-refractivity contribution >= 4 is 0 Å². The molecule has 0 fully saturated rings. The highest BCUT2D eigenvalue weighted by Crippen LogP contribution is 2.21. The van der Waals surface area contributed by atoms with Crippen LogP contribution in [0.4, 0.5) is 0 Å². The Morgan fingerprint density at radius 3 is 1.33 bits per heavy atom. The summed E-state index contributed by atoms with van der Waals surface area (Å²) in [6.45, 7) is 14.1. The molecule has 110 valence electrons. The van der Waals surface area contributed by atoms with E-state index in [2.05, 4.69) is 53.8 Å². The fourth-order valence-corrected chi connectivity index (χ4v) is 2.99. The lowest BCUT2D eigenvalue weighted by Crippen LogP contribution is -2.74. The molecule has 0 atom stereocenters. The third kappa shape index (κ3) is 4.22. The molecule has 0 aliphatic heterocycles. The van der Waals surface area contributed by atoms with Gasteiger partial charge in [0.2, 0.25) is 0 Å². The Labute approximate surface area is 115 Å². The maximum Gasteiger partial charge on any atom is 0.132 e. The monoisotopic (exact) mass is 259 g/mol. The van der Waals surface area contributed by atoms with Crippen molar-refractivity contribution in [3.63, 3.8) is 0 Å². The second-order valence-electron chi connectivity index (χ2n) is 6.08. The lowest BCUT2D eigenvalue weighted by Gasteiger charge is -2.51. The van der Waals surface area contributed by atoms with Crippen LogP contribution in [0.3, 0.4) is 0 Å². The minimum absolute atomic E-state index is 0.989. The standard InChI is InChI=1S/C15H37N3/c1-8-12-16(13-9-2)17(5,6)18(7,14-10-3)15-11-4/h8-15H2,1-7H3/q+2. The van der Waals surface area contributed by atoms with Crippen LogP contribution >= 0.6 is 0 Å². The van der Waals surface area contributed by atoms with Gasteiger partial charge in [-0.05, 0) is 25.7 Å². The van der Waals surface area contributed by atoms with Crippen molar-refractivity contribution in [3.05, 3.63) is 0 Å². The van der Waals surface area contributed by atoms with Crippen molar-refractivity contribution < 1.29 is 9.29 Å². The van der Waals surface area contributed by atoms with Crippen LogP contribution in [0.25, 0.3) is 0 Å². The molecular weight excluding hydrogens is 222 g/mol. The van der Waals surface area contributed by atoms with E-state index in [0.717, 1.165) is 9.29 Å². The van der Waals surface area contributed by atoms with Crippen LogP contribution in [0, 0.1) is 0 Å². The first-order valence-corrected chi connectivity index (χ1v) is 7.83.